The molecular formula is C24H27NO6. The number of nitrogens with zero attached hydrogens (tertiary/aromatic N) is 1. The largest absolute Gasteiger partial charge is 0.508 e. The fourth-order valence-electron chi connectivity index (χ4n) is 3.61. The molecule has 1 aliphatic rings. The molecule has 1 aliphatic heterocycles. The van der Waals surface area contributed by atoms with Crippen LogP contribution in [0.25, 0.3) is 5.76 Å². The van der Waals surface area contributed by atoms with Crippen LogP contribution in [0.15, 0.2) is 54.1 Å². The van der Waals surface area contributed by atoms with Crippen LogP contribution < -0.4 is 4.74 Å². The van der Waals surface area contributed by atoms with Gasteiger partial charge in [0.2, 0.25) is 0 Å². The summed E-state index contributed by atoms with van der Waals surface area (Å²) in [5, 5.41) is 20.7. The van der Waals surface area contributed by atoms with Crippen molar-refractivity contribution < 1.29 is 29.3 Å². The van der Waals surface area contributed by atoms with Gasteiger partial charge in [0.1, 0.15) is 17.3 Å². The predicted molar refractivity (Wildman–Crippen MR) is 116 cm³/mol. The predicted octanol–water partition coefficient (Wildman–Crippen LogP) is 3.64. The van der Waals surface area contributed by atoms with Crippen LogP contribution in [0.1, 0.15) is 37.4 Å². The van der Waals surface area contributed by atoms with Gasteiger partial charge < -0.3 is 24.6 Å². The number of phenolic OH excluding ortho intramolecular Hbond substituents is 1. The number of ketones is 1. The summed E-state index contributed by atoms with van der Waals surface area (Å²) in [5.41, 5.74) is 1.05. The van der Waals surface area contributed by atoms with Gasteiger partial charge in [0.15, 0.2) is 0 Å². The van der Waals surface area contributed by atoms with Crippen LogP contribution in [-0.2, 0) is 14.3 Å². The maximum Gasteiger partial charge on any atom is 0.295 e. The van der Waals surface area contributed by atoms with Crippen molar-refractivity contribution in [1.29, 1.82) is 0 Å². The number of carbonyl (C=O) groups excluding carboxylic acids is 2. The number of Topliss-reactive ketones (excluding diaryl/α,β-unsaturated/α-hetero) is 1. The van der Waals surface area contributed by atoms with Crippen LogP contribution >= 0.6 is 0 Å². The van der Waals surface area contributed by atoms with Crippen LogP contribution in [-0.4, -0.2) is 53.2 Å². The second-order valence-corrected chi connectivity index (χ2v) is 7.62. The fraction of sp³-hybridized carbons (Fsp3) is 0.333. The number of benzene rings is 2. The second kappa shape index (κ2) is 9.66. The highest BCUT2D eigenvalue weighted by molar-refractivity contribution is 6.46. The Morgan fingerprint density at radius 1 is 1.06 bits per heavy atom. The maximum atomic E-state index is 12.9. The lowest BCUT2D eigenvalue weighted by atomic mass is 9.95. The average molecular weight is 425 g/mol. The van der Waals surface area contributed by atoms with Gasteiger partial charge >= 0.3 is 0 Å². The summed E-state index contributed by atoms with van der Waals surface area (Å²) in [7, 11) is 1.57. The zero-order chi connectivity index (χ0) is 22.5. The first-order valence-electron chi connectivity index (χ1n) is 10.2. The molecule has 0 saturated carbocycles. The summed E-state index contributed by atoms with van der Waals surface area (Å²) < 4.78 is 10.7. The van der Waals surface area contributed by atoms with Crippen LogP contribution in [0.2, 0.25) is 0 Å². The fourth-order valence-corrected chi connectivity index (χ4v) is 3.61. The van der Waals surface area contributed by atoms with Gasteiger partial charge in [0.25, 0.3) is 11.7 Å². The molecule has 0 bridgehead atoms. The summed E-state index contributed by atoms with van der Waals surface area (Å²) in [5.74, 6) is -0.949. The molecule has 0 aliphatic carbocycles. The smallest absolute Gasteiger partial charge is 0.295 e. The minimum Gasteiger partial charge on any atom is -0.508 e. The normalized spacial score (nSPS) is 18.1. The molecular weight excluding hydrogens is 398 g/mol. The molecule has 1 amide bonds. The Labute approximate surface area is 181 Å². The van der Waals surface area contributed by atoms with Gasteiger partial charge in [-0.05, 0) is 62.2 Å². The molecule has 0 radical (unpaired) electrons. The van der Waals surface area contributed by atoms with E-state index in [1.807, 2.05) is 13.8 Å². The lowest BCUT2D eigenvalue weighted by Crippen LogP contribution is -2.31. The van der Waals surface area contributed by atoms with E-state index in [0.29, 0.717) is 36.4 Å². The Balaban J connectivity index is 2.04. The first-order valence-corrected chi connectivity index (χ1v) is 10.2. The molecule has 7 heteroatoms. The van der Waals surface area contributed by atoms with E-state index in [1.54, 1.807) is 43.5 Å². The number of methoxy groups -OCH3 is 1. The van der Waals surface area contributed by atoms with Crippen molar-refractivity contribution in [3.05, 3.63) is 65.2 Å². The molecule has 3 rings (SSSR count). The Bertz CT molecular complexity index is 963. The Morgan fingerprint density at radius 2 is 1.71 bits per heavy atom. The quantitative estimate of drug-likeness (QED) is 0.290. The Hall–Kier alpha value is -3.32. The average Bonchev–Trinajstić information content (AvgIpc) is 2.99. The highest BCUT2D eigenvalue weighted by Gasteiger charge is 2.45. The van der Waals surface area contributed by atoms with Crippen molar-refractivity contribution >= 4 is 17.4 Å². The van der Waals surface area contributed by atoms with Crippen molar-refractivity contribution in [2.45, 2.75) is 32.4 Å². The highest BCUT2D eigenvalue weighted by Crippen LogP contribution is 2.40. The van der Waals surface area contributed by atoms with E-state index in [1.165, 1.54) is 17.0 Å². The first-order chi connectivity index (χ1) is 14.8. The molecule has 0 unspecified atom stereocenters. The number of ether oxygens (including phenoxy) is 2. The third-order valence-corrected chi connectivity index (χ3v) is 5.00. The van der Waals surface area contributed by atoms with Crippen molar-refractivity contribution in [3.8, 4) is 11.5 Å². The Kier molecular flexibility index (Phi) is 6.97. The monoisotopic (exact) mass is 425 g/mol. The minimum absolute atomic E-state index is 0.00590. The molecule has 2 N–H and O–H groups in total. The topological polar surface area (TPSA) is 96.3 Å². The van der Waals surface area contributed by atoms with Crippen LogP contribution in [0.4, 0.5) is 0 Å². The van der Waals surface area contributed by atoms with Gasteiger partial charge in [0.05, 0.1) is 17.7 Å². The summed E-state index contributed by atoms with van der Waals surface area (Å²) in [6.45, 7) is 4.55. The van der Waals surface area contributed by atoms with E-state index in [0.717, 1.165) is 0 Å². The van der Waals surface area contributed by atoms with Gasteiger partial charge in [0, 0.05) is 25.8 Å². The molecule has 0 spiro atoms. The van der Waals surface area contributed by atoms with Crippen LogP contribution in [0.3, 0.4) is 0 Å². The number of phenols is 1. The van der Waals surface area contributed by atoms with Crippen molar-refractivity contribution in [2.75, 3.05) is 20.3 Å². The highest BCUT2D eigenvalue weighted by atomic mass is 16.5. The number of likely N-dealkylation sites (tertiary alicyclic amines) is 1. The zero-order valence-electron chi connectivity index (χ0n) is 17.9. The number of amides is 1. The number of hydrogen-bond acceptors (Lipinski definition) is 6. The third-order valence-electron chi connectivity index (χ3n) is 5.00. The molecule has 164 valence electrons. The molecule has 31 heavy (non-hydrogen) atoms. The number of hydrogen-bond donors (Lipinski definition) is 2. The molecule has 0 aromatic heterocycles. The van der Waals surface area contributed by atoms with Crippen molar-refractivity contribution in [1.82, 2.24) is 4.90 Å². The van der Waals surface area contributed by atoms with Gasteiger partial charge in [-0.1, -0.05) is 12.1 Å². The van der Waals surface area contributed by atoms with Crippen LogP contribution in [0.5, 0.6) is 11.5 Å². The van der Waals surface area contributed by atoms with E-state index in [4.69, 9.17) is 9.47 Å². The van der Waals surface area contributed by atoms with E-state index < -0.39 is 17.7 Å². The van der Waals surface area contributed by atoms with E-state index in [9.17, 15) is 19.8 Å². The van der Waals surface area contributed by atoms with Gasteiger partial charge in [-0.3, -0.25) is 9.59 Å². The van der Waals surface area contributed by atoms with Gasteiger partial charge in [-0.25, -0.2) is 0 Å². The van der Waals surface area contributed by atoms with Gasteiger partial charge in [-0.2, -0.15) is 0 Å². The zero-order valence-corrected chi connectivity index (χ0v) is 17.9. The lowest BCUT2D eigenvalue weighted by Gasteiger charge is -2.25. The maximum absolute atomic E-state index is 12.9. The molecule has 2 aromatic carbocycles. The SMILES string of the molecule is COCCCN1C(=O)C(=O)/C(=C(/O)c2ccc(OC(C)C)cc2)[C@@H]1c1ccc(O)cc1. The molecule has 2 aromatic rings. The summed E-state index contributed by atoms with van der Waals surface area (Å²) in [6.07, 6.45) is 0.547. The summed E-state index contributed by atoms with van der Waals surface area (Å²) >= 11 is 0. The Morgan fingerprint density at radius 3 is 2.29 bits per heavy atom. The van der Waals surface area contributed by atoms with Crippen LogP contribution in [0, 0.1) is 0 Å². The van der Waals surface area contributed by atoms with E-state index in [-0.39, 0.29) is 23.2 Å². The number of aliphatic hydroxyl groups excluding tert-OH is 1. The number of carbonyl (C=O) groups is 2. The number of aromatic hydroxyl groups is 1. The lowest BCUT2D eigenvalue weighted by molar-refractivity contribution is -0.140. The minimum atomic E-state index is -0.760. The van der Waals surface area contributed by atoms with Crippen molar-refractivity contribution in [3.63, 3.8) is 0 Å². The number of aliphatic hydroxyl groups is 1. The second-order valence-electron chi connectivity index (χ2n) is 7.62. The molecule has 1 fully saturated rings. The molecule has 1 saturated heterocycles. The molecule has 1 heterocycles. The van der Waals surface area contributed by atoms with Crippen molar-refractivity contribution in [2.24, 2.45) is 0 Å². The summed E-state index contributed by atoms with van der Waals surface area (Å²) in [4.78, 5) is 27.1. The first kappa shape index (κ1) is 22.4. The van der Waals surface area contributed by atoms with E-state index in [2.05, 4.69) is 0 Å². The number of rotatable bonds is 8. The third kappa shape index (κ3) is 4.88. The molecule has 1 atom stereocenters. The summed E-state index contributed by atoms with van der Waals surface area (Å²) in [6, 6.07) is 12.2. The van der Waals surface area contributed by atoms with E-state index >= 15 is 0 Å². The van der Waals surface area contributed by atoms with Gasteiger partial charge in [-0.15, -0.1) is 0 Å². The molecule has 7 nitrogen and oxygen atoms in total. The standard InChI is InChI=1S/C24H27NO6/c1-15(2)31-19-11-7-17(8-12-19)22(27)20-21(16-5-9-18(26)10-6-16)25(13-4-14-30-3)24(29)23(20)28/h5-12,15,21,26-27H,4,13-14H2,1-3H3/b22-20+/t21-/m0/s1.